The number of amides is 1. The third kappa shape index (κ3) is 6.00. The molecule has 8 heteroatoms. The minimum Gasteiger partial charge on any atom is -0.497 e. The predicted octanol–water partition coefficient (Wildman–Crippen LogP) is 2.22. The number of carbonyl (C=O) groups excluding carboxylic acids is 2. The molecule has 0 aliphatic rings. The Hall–Kier alpha value is -3.16. The van der Waals surface area contributed by atoms with Crippen molar-refractivity contribution in [3.8, 4) is 5.75 Å². The number of esters is 1. The lowest BCUT2D eigenvalue weighted by molar-refractivity contribution is -0.383. The molecule has 1 aromatic carbocycles. The lowest BCUT2D eigenvalue weighted by Crippen LogP contribution is -2.20. The van der Waals surface area contributed by atoms with Crippen LogP contribution in [0.1, 0.15) is 6.92 Å². The number of carbonyl (C=O) groups is 2. The molecule has 23 heavy (non-hydrogen) atoms. The number of allylic oxidation sites excluding steroid dienone is 3. The van der Waals surface area contributed by atoms with E-state index >= 15 is 0 Å². The first-order valence-electron chi connectivity index (χ1n) is 6.56. The molecule has 1 amide bonds. The number of ether oxygens (including phenoxy) is 2. The monoisotopic (exact) mass is 320 g/mol. The molecular formula is C15H16N2O6. The Morgan fingerprint density at radius 2 is 2.09 bits per heavy atom. The Kier molecular flexibility index (Phi) is 6.99. The van der Waals surface area contributed by atoms with E-state index < -0.39 is 23.4 Å². The van der Waals surface area contributed by atoms with E-state index in [0.29, 0.717) is 5.75 Å². The topological polar surface area (TPSA) is 108 Å². The molecule has 122 valence electrons. The van der Waals surface area contributed by atoms with Crippen molar-refractivity contribution >= 4 is 23.3 Å². The molecule has 0 spiro atoms. The molecule has 0 saturated carbocycles. The molecule has 1 N–H and O–H groups in total. The third-order valence-corrected chi connectivity index (χ3v) is 2.56. The van der Waals surface area contributed by atoms with Crippen LogP contribution in [0.25, 0.3) is 0 Å². The van der Waals surface area contributed by atoms with Crippen LogP contribution in [0.5, 0.6) is 5.75 Å². The van der Waals surface area contributed by atoms with Crippen LogP contribution in [0.15, 0.2) is 42.5 Å². The molecule has 0 aromatic heterocycles. The van der Waals surface area contributed by atoms with Crippen molar-refractivity contribution in [2.45, 2.75) is 6.92 Å². The first-order chi connectivity index (χ1) is 11.0. The van der Waals surface area contributed by atoms with Gasteiger partial charge < -0.3 is 14.8 Å². The molecule has 0 unspecified atom stereocenters. The van der Waals surface area contributed by atoms with Crippen molar-refractivity contribution in [3.05, 3.63) is 52.6 Å². The fourth-order valence-corrected chi connectivity index (χ4v) is 1.52. The Labute approximate surface area is 132 Å². The largest absolute Gasteiger partial charge is 0.497 e. The molecule has 0 atom stereocenters. The molecule has 8 nitrogen and oxygen atoms in total. The van der Waals surface area contributed by atoms with E-state index in [4.69, 9.17) is 9.47 Å². The van der Waals surface area contributed by atoms with Crippen LogP contribution in [0.3, 0.4) is 0 Å². The van der Waals surface area contributed by atoms with Gasteiger partial charge in [-0.3, -0.25) is 14.9 Å². The summed E-state index contributed by atoms with van der Waals surface area (Å²) >= 11 is 0. The van der Waals surface area contributed by atoms with E-state index in [1.54, 1.807) is 19.1 Å². The second-order valence-electron chi connectivity index (χ2n) is 4.18. The van der Waals surface area contributed by atoms with E-state index in [-0.39, 0.29) is 11.4 Å². The van der Waals surface area contributed by atoms with Crippen LogP contribution in [0.4, 0.5) is 11.4 Å². The smallest absolute Gasteiger partial charge is 0.331 e. The van der Waals surface area contributed by atoms with Gasteiger partial charge in [-0.2, -0.15) is 0 Å². The van der Waals surface area contributed by atoms with E-state index in [1.165, 1.54) is 31.4 Å². The van der Waals surface area contributed by atoms with Gasteiger partial charge in [0, 0.05) is 18.2 Å². The summed E-state index contributed by atoms with van der Waals surface area (Å²) in [5.74, 6) is -1.05. The maximum Gasteiger partial charge on any atom is 0.331 e. The van der Waals surface area contributed by atoms with Gasteiger partial charge in [-0.25, -0.2) is 4.79 Å². The normalized spacial score (nSPS) is 10.7. The van der Waals surface area contributed by atoms with E-state index in [1.807, 2.05) is 0 Å². The van der Waals surface area contributed by atoms with Crippen LogP contribution in [0.2, 0.25) is 0 Å². The highest BCUT2D eigenvalue weighted by molar-refractivity contribution is 5.95. The summed E-state index contributed by atoms with van der Waals surface area (Å²) < 4.78 is 9.66. The summed E-state index contributed by atoms with van der Waals surface area (Å²) in [6.07, 6.45) is 5.97. The number of hydrogen-bond donors (Lipinski definition) is 1. The second-order valence-corrected chi connectivity index (χ2v) is 4.18. The highest BCUT2D eigenvalue weighted by Crippen LogP contribution is 2.28. The Bertz CT molecular complexity index is 651. The van der Waals surface area contributed by atoms with E-state index in [2.05, 4.69) is 5.32 Å². The van der Waals surface area contributed by atoms with Crippen molar-refractivity contribution in [2.75, 3.05) is 19.0 Å². The summed E-state index contributed by atoms with van der Waals surface area (Å²) in [5, 5.41) is 13.2. The van der Waals surface area contributed by atoms with E-state index in [0.717, 1.165) is 6.08 Å². The number of rotatable bonds is 7. The maximum absolute atomic E-state index is 11.7. The molecule has 0 fully saturated rings. The van der Waals surface area contributed by atoms with Crippen molar-refractivity contribution < 1.29 is 24.0 Å². The first kappa shape index (κ1) is 17.9. The van der Waals surface area contributed by atoms with Crippen molar-refractivity contribution in [1.29, 1.82) is 0 Å². The summed E-state index contributed by atoms with van der Waals surface area (Å²) in [5.41, 5.74) is -0.335. The van der Waals surface area contributed by atoms with Gasteiger partial charge in [0.15, 0.2) is 6.61 Å². The van der Waals surface area contributed by atoms with Gasteiger partial charge in [-0.1, -0.05) is 18.2 Å². The van der Waals surface area contributed by atoms with Gasteiger partial charge in [-0.05, 0) is 13.0 Å². The molecular weight excluding hydrogens is 304 g/mol. The number of benzene rings is 1. The molecule has 0 aliphatic heterocycles. The Morgan fingerprint density at radius 3 is 2.70 bits per heavy atom. The van der Waals surface area contributed by atoms with Gasteiger partial charge in [-0.15, -0.1) is 0 Å². The summed E-state index contributed by atoms with van der Waals surface area (Å²) in [7, 11) is 1.39. The minimum absolute atomic E-state index is 0.0418. The minimum atomic E-state index is -0.700. The molecule has 0 aliphatic carbocycles. The summed E-state index contributed by atoms with van der Waals surface area (Å²) in [6.45, 7) is 1.22. The Balaban J connectivity index is 2.70. The molecule has 1 aromatic rings. The average molecular weight is 320 g/mol. The standard InChI is InChI=1S/C15H16N2O6/c1-3-4-5-6-15(19)23-10-14(18)16-12-9-11(22-2)7-8-13(12)17(20)21/h3-9H,10H2,1-2H3,(H,16,18)/b4-3+,6-5+. The fraction of sp³-hybridized carbons (Fsp3) is 0.200. The van der Waals surface area contributed by atoms with Gasteiger partial charge in [0.2, 0.25) is 0 Å². The zero-order chi connectivity index (χ0) is 17.2. The van der Waals surface area contributed by atoms with Crippen LogP contribution in [-0.2, 0) is 14.3 Å². The van der Waals surface area contributed by atoms with Crippen LogP contribution < -0.4 is 10.1 Å². The second kappa shape index (κ2) is 8.98. The summed E-state index contributed by atoms with van der Waals surface area (Å²) in [4.78, 5) is 33.3. The number of methoxy groups -OCH3 is 1. The first-order valence-corrected chi connectivity index (χ1v) is 6.56. The quantitative estimate of drug-likeness (QED) is 0.271. The average Bonchev–Trinajstić information content (AvgIpc) is 2.52. The summed E-state index contributed by atoms with van der Waals surface area (Å²) in [6, 6.07) is 3.92. The third-order valence-electron chi connectivity index (χ3n) is 2.56. The van der Waals surface area contributed by atoms with Crippen molar-refractivity contribution in [1.82, 2.24) is 0 Å². The highest BCUT2D eigenvalue weighted by atomic mass is 16.6. The fourth-order valence-electron chi connectivity index (χ4n) is 1.52. The zero-order valence-corrected chi connectivity index (χ0v) is 12.6. The number of nitro groups is 1. The van der Waals surface area contributed by atoms with Crippen LogP contribution in [0, 0.1) is 10.1 Å². The molecule has 0 radical (unpaired) electrons. The van der Waals surface area contributed by atoms with Crippen LogP contribution >= 0.6 is 0 Å². The van der Waals surface area contributed by atoms with Gasteiger partial charge in [0.05, 0.1) is 12.0 Å². The number of nitro benzene ring substituents is 1. The Morgan fingerprint density at radius 1 is 1.35 bits per heavy atom. The molecule has 0 bridgehead atoms. The molecule has 0 heterocycles. The zero-order valence-electron chi connectivity index (χ0n) is 12.6. The van der Waals surface area contributed by atoms with Gasteiger partial charge >= 0.3 is 5.97 Å². The highest BCUT2D eigenvalue weighted by Gasteiger charge is 2.17. The number of anilines is 1. The number of nitrogens with one attached hydrogen (secondary N) is 1. The predicted molar refractivity (Wildman–Crippen MR) is 83.2 cm³/mol. The van der Waals surface area contributed by atoms with Crippen LogP contribution in [-0.4, -0.2) is 30.5 Å². The molecule has 0 saturated heterocycles. The van der Waals surface area contributed by atoms with Crippen molar-refractivity contribution in [3.63, 3.8) is 0 Å². The number of nitrogens with zero attached hydrogens (tertiary/aromatic N) is 1. The SMILES string of the molecule is C/C=C/C=C/C(=O)OCC(=O)Nc1cc(OC)ccc1[N+](=O)[O-]. The molecule has 1 rings (SSSR count). The lowest BCUT2D eigenvalue weighted by atomic mass is 10.2. The van der Waals surface area contributed by atoms with Crippen molar-refractivity contribution in [2.24, 2.45) is 0 Å². The van der Waals surface area contributed by atoms with E-state index in [9.17, 15) is 19.7 Å². The lowest BCUT2D eigenvalue weighted by Gasteiger charge is -2.08. The number of hydrogen-bond acceptors (Lipinski definition) is 6. The van der Waals surface area contributed by atoms with Gasteiger partial charge in [0.1, 0.15) is 11.4 Å². The van der Waals surface area contributed by atoms with Gasteiger partial charge in [0.25, 0.3) is 11.6 Å². The maximum atomic E-state index is 11.7.